The number of sulfone groups is 1. The van der Waals surface area contributed by atoms with Crippen LogP contribution in [-0.4, -0.2) is 80.6 Å². The summed E-state index contributed by atoms with van der Waals surface area (Å²) in [5.74, 6) is 0.689. The van der Waals surface area contributed by atoms with E-state index in [1.807, 2.05) is 6.92 Å². The van der Waals surface area contributed by atoms with Gasteiger partial charge in [-0.3, -0.25) is 14.4 Å². The third-order valence-electron chi connectivity index (χ3n) is 5.14. The van der Waals surface area contributed by atoms with Crippen molar-refractivity contribution >= 4 is 15.7 Å². The van der Waals surface area contributed by atoms with Crippen molar-refractivity contribution < 1.29 is 13.2 Å². The molecular formula is C16H22N6O3S. The van der Waals surface area contributed by atoms with Gasteiger partial charge in [-0.25, -0.2) is 13.4 Å². The zero-order valence-electron chi connectivity index (χ0n) is 14.6. The van der Waals surface area contributed by atoms with Gasteiger partial charge in [-0.1, -0.05) is 0 Å². The molecule has 4 rings (SSSR count). The summed E-state index contributed by atoms with van der Waals surface area (Å²) in [6.07, 6.45) is 5.20. The highest BCUT2D eigenvalue weighted by atomic mass is 32.2. The minimum absolute atomic E-state index is 0.00650. The van der Waals surface area contributed by atoms with Crippen LogP contribution in [0.1, 0.15) is 23.2 Å². The van der Waals surface area contributed by atoms with E-state index in [1.54, 1.807) is 34.2 Å². The van der Waals surface area contributed by atoms with E-state index in [0.29, 0.717) is 31.9 Å². The molecule has 0 aromatic carbocycles. The first-order chi connectivity index (χ1) is 12.5. The van der Waals surface area contributed by atoms with Crippen LogP contribution < -0.4 is 0 Å². The summed E-state index contributed by atoms with van der Waals surface area (Å²) in [6.45, 7) is 4.28. The molecule has 0 bridgehead atoms. The molecule has 1 amide bonds. The van der Waals surface area contributed by atoms with Crippen molar-refractivity contribution in [2.75, 3.05) is 24.6 Å². The molecule has 0 unspecified atom stereocenters. The van der Waals surface area contributed by atoms with Gasteiger partial charge in [-0.2, -0.15) is 5.10 Å². The Morgan fingerprint density at radius 2 is 2.12 bits per heavy atom. The summed E-state index contributed by atoms with van der Waals surface area (Å²) in [6, 6.07) is 1.14. The van der Waals surface area contributed by atoms with Gasteiger partial charge in [0.05, 0.1) is 24.1 Å². The summed E-state index contributed by atoms with van der Waals surface area (Å²) in [4.78, 5) is 24.0. The molecule has 2 aromatic rings. The summed E-state index contributed by atoms with van der Waals surface area (Å²) in [5.41, 5.74) is 0.370. The van der Waals surface area contributed by atoms with Crippen LogP contribution in [0.4, 0.5) is 0 Å². The maximum Gasteiger partial charge on any atom is 0.274 e. The lowest BCUT2D eigenvalue weighted by atomic mass is 10.0. The molecule has 2 saturated heterocycles. The van der Waals surface area contributed by atoms with E-state index in [-0.39, 0.29) is 29.5 Å². The van der Waals surface area contributed by atoms with Crippen LogP contribution >= 0.6 is 0 Å². The molecular weight excluding hydrogens is 356 g/mol. The third-order valence-corrected chi connectivity index (χ3v) is 6.84. The Balaban J connectivity index is 1.57. The van der Waals surface area contributed by atoms with Crippen molar-refractivity contribution in [3.8, 4) is 0 Å². The number of aryl methyl sites for hydroxylation is 1. The number of imidazole rings is 1. The highest BCUT2D eigenvalue weighted by Crippen LogP contribution is 2.28. The number of piperazine rings is 1. The number of carbonyl (C=O) groups is 1. The number of aromatic amines is 1. The van der Waals surface area contributed by atoms with Crippen LogP contribution in [0.5, 0.6) is 0 Å². The van der Waals surface area contributed by atoms with Gasteiger partial charge in [0.1, 0.15) is 11.5 Å². The van der Waals surface area contributed by atoms with Crippen molar-refractivity contribution in [1.29, 1.82) is 0 Å². The lowest BCUT2D eigenvalue weighted by Crippen LogP contribution is -2.60. The van der Waals surface area contributed by atoms with E-state index >= 15 is 0 Å². The smallest absolute Gasteiger partial charge is 0.274 e. The summed E-state index contributed by atoms with van der Waals surface area (Å²) >= 11 is 0. The molecule has 2 fully saturated rings. The van der Waals surface area contributed by atoms with E-state index in [2.05, 4.69) is 20.0 Å². The molecule has 26 heavy (non-hydrogen) atoms. The van der Waals surface area contributed by atoms with Gasteiger partial charge in [-0.05, 0) is 13.0 Å². The number of H-pyrrole nitrogens is 1. The van der Waals surface area contributed by atoms with Crippen LogP contribution in [-0.2, 0) is 22.9 Å². The number of hydrogen-bond acceptors (Lipinski definition) is 6. The monoisotopic (exact) mass is 378 g/mol. The van der Waals surface area contributed by atoms with Crippen LogP contribution in [0.25, 0.3) is 0 Å². The molecule has 2 aromatic heterocycles. The van der Waals surface area contributed by atoms with Crippen LogP contribution in [0, 0.1) is 0 Å². The molecule has 0 saturated carbocycles. The minimum atomic E-state index is -3.18. The first kappa shape index (κ1) is 17.2. The number of nitrogens with zero attached hydrogens (tertiary/aromatic N) is 5. The third kappa shape index (κ3) is 3.14. The van der Waals surface area contributed by atoms with Crippen LogP contribution in [0.15, 0.2) is 24.7 Å². The first-order valence-corrected chi connectivity index (χ1v) is 10.6. The van der Waals surface area contributed by atoms with E-state index in [0.717, 1.165) is 5.82 Å². The van der Waals surface area contributed by atoms with Crippen molar-refractivity contribution in [3.63, 3.8) is 0 Å². The SMILES string of the molecule is CCn1ccc(C(=O)N2CCN(Cc3ncc[nH]3)[C@@H]3CS(=O)(=O)C[C@@H]32)n1. The fourth-order valence-corrected chi connectivity index (χ4v) is 5.86. The predicted octanol–water partition coefficient (Wildman–Crippen LogP) is -0.250. The number of aromatic nitrogens is 4. The van der Waals surface area contributed by atoms with Crippen molar-refractivity contribution in [3.05, 3.63) is 36.2 Å². The molecule has 4 heterocycles. The van der Waals surface area contributed by atoms with Gasteiger partial charge in [0.2, 0.25) is 0 Å². The quantitative estimate of drug-likeness (QED) is 0.787. The molecule has 2 aliphatic rings. The van der Waals surface area contributed by atoms with Gasteiger partial charge in [-0.15, -0.1) is 0 Å². The first-order valence-electron chi connectivity index (χ1n) is 8.74. The molecule has 0 aliphatic carbocycles. The van der Waals surface area contributed by atoms with Gasteiger partial charge < -0.3 is 9.88 Å². The number of carbonyl (C=O) groups excluding carboxylic acids is 1. The Bertz CT molecular complexity index is 891. The lowest BCUT2D eigenvalue weighted by Gasteiger charge is -2.43. The Hall–Kier alpha value is -2.20. The van der Waals surface area contributed by atoms with E-state index in [9.17, 15) is 13.2 Å². The zero-order chi connectivity index (χ0) is 18.3. The number of amides is 1. The van der Waals surface area contributed by atoms with E-state index < -0.39 is 9.84 Å². The average molecular weight is 378 g/mol. The van der Waals surface area contributed by atoms with Crippen LogP contribution in [0.2, 0.25) is 0 Å². The molecule has 9 nitrogen and oxygen atoms in total. The Morgan fingerprint density at radius 1 is 1.31 bits per heavy atom. The number of rotatable bonds is 4. The summed E-state index contributed by atoms with van der Waals surface area (Å²) in [5, 5.41) is 4.28. The maximum atomic E-state index is 12.9. The summed E-state index contributed by atoms with van der Waals surface area (Å²) in [7, 11) is -3.18. The second-order valence-electron chi connectivity index (χ2n) is 6.77. The Kier molecular flexibility index (Phi) is 4.31. The fourth-order valence-electron chi connectivity index (χ4n) is 3.85. The van der Waals surface area contributed by atoms with E-state index in [4.69, 9.17) is 0 Å². The normalized spacial score (nSPS) is 25.3. The van der Waals surface area contributed by atoms with E-state index in [1.165, 1.54) is 0 Å². The number of fused-ring (bicyclic) bond motifs is 1. The molecule has 0 radical (unpaired) electrons. The largest absolute Gasteiger partial charge is 0.348 e. The zero-order valence-corrected chi connectivity index (χ0v) is 15.4. The van der Waals surface area contributed by atoms with Crippen molar-refractivity contribution in [2.45, 2.75) is 32.1 Å². The molecule has 0 spiro atoms. The number of nitrogens with one attached hydrogen (secondary N) is 1. The van der Waals surface area contributed by atoms with Gasteiger partial charge >= 0.3 is 0 Å². The second kappa shape index (κ2) is 6.51. The Morgan fingerprint density at radius 3 is 2.81 bits per heavy atom. The standard InChI is InChI=1S/C16H22N6O3S/c1-2-21-6-3-12(19-21)16(23)22-8-7-20(9-15-17-4-5-18-15)13-10-26(24,25)11-14(13)22/h3-6,13-14H,2,7-11H2,1H3,(H,17,18)/t13-,14+/m1/s1. The van der Waals surface area contributed by atoms with Gasteiger partial charge in [0, 0.05) is 44.3 Å². The Labute approximate surface area is 151 Å². The fraction of sp³-hybridized carbons (Fsp3) is 0.562. The van der Waals surface area contributed by atoms with Gasteiger partial charge in [0.15, 0.2) is 9.84 Å². The lowest BCUT2D eigenvalue weighted by molar-refractivity contribution is 0.0293. The highest BCUT2D eigenvalue weighted by Gasteiger charge is 2.48. The van der Waals surface area contributed by atoms with Crippen LogP contribution in [0.3, 0.4) is 0 Å². The summed E-state index contributed by atoms with van der Waals surface area (Å²) < 4.78 is 26.3. The average Bonchev–Trinajstić information content (AvgIpc) is 3.33. The second-order valence-corrected chi connectivity index (χ2v) is 8.93. The topological polar surface area (TPSA) is 104 Å². The van der Waals surface area contributed by atoms with Crippen molar-refractivity contribution in [1.82, 2.24) is 29.5 Å². The molecule has 2 aliphatic heterocycles. The maximum absolute atomic E-state index is 12.9. The molecule has 140 valence electrons. The van der Waals surface area contributed by atoms with Crippen molar-refractivity contribution in [2.24, 2.45) is 0 Å². The highest BCUT2D eigenvalue weighted by molar-refractivity contribution is 7.91. The predicted molar refractivity (Wildman–Crippen MR) is 94.2 cm³/mol. The molecule has 10 heteroatoms. The van der Waals surface area contributed by atoms with Gasteiger partial charge in [0.25, 0.3) is 5.91 Å². The molecule has 2 atom stereocenters. The minimum Gasteiger partial charge on any atom is -0.348 e. The molecule has 1 N–H and O–H groups in total. The number of hydrogen-bond donors (Lipinski definition) is 1.